The third-order valence-electron chi connectivity index (χ3n) is 3.21. The van der Waals surface area contributed by atoms with Gasteiger partial charge in [0.05, 0.1) is 6.61 Å². The van der Waals surface area contributed by atoms with Crippen LogP contribution in [0.5, 0.6) is 5.88 Å². The molecule has 1 aromatic heterocycles. The second-order valence-corrected chi connectivity index (χ2v) is 5.02. The Hall–Kier alpha value is -1.03. The minimum Gasteiger partial charge on any atom is -0.478 e. The normalized spacial score (nSPS) is 19.2. The van der Waals surface area contributed by atoms with Crippen molar-refractivity contribution in [3.63, 3.8) is 0 Å². The number of halogens is 1. The standard InChI is InChI=1S/C13H20ClN3O/c1-2-7-18-13-8-12(15-10-16-13)17-6-4-11(9-17)3-5-14/h8,10-11H,2-7,9H2,1H3. The highest BCUT2D eigenvalue weighted by Gasteiger charge is 2.23. The molecule has 0 radical (unpaired) electrons. The van der Waals surface area contributed by atoms with Crippen molar-refractivity contribution in [1.82, 2.24) is 9.97 Å². The maximum absolute atomic E-state index is 5.79. The molecule has 0 N–H and O–H groups in total. The van der Waals surface area contributed by atoms with Gasteiger partial charge in [0.25, 0.3) is 0 Å². The molecule has 0 saturated carbocycles. The molecule has 5 heteroatoms. The van der Waals surface area contributed by atoms with Crippen molar-refractivity contribution in [2.24, 2.45) is 5.92 Å². The first-order valence-electron chi connectivity index (χ1n) is 6.59. The summed E-state index contributed by atoms with van der Waals surface area (Å²) in [7, 11) is 0. The van der Waals surface area contributed by atoms with Crippen molar-refractivity contribution in [2.75, 3.05) is 30.5 Å². The zero-order valence-corrected chi connectivity index (χ0v) is 11.6. The summed E-state index contributed by atoms with van der Waals surface area (Å²) in [4.78, 5) is 10.7. The number of rotatable bonds is 6. The average molecular weight is 270 g/mol. The SMILES string of the molecule is CCCOc1cc(N2CCC(CCCl)C2)ncn1. The summed E-state index contributed by atoms with van der Waals surface area (Å²) in [6.07, 6.45) is 4.85. The van der Waals surface area contributed by atoms with Gasteiger partial charge in [0.2, 0.25) is 5.88 Å². The maximum atomic E-state index is 5.79. The maximum Gasteiger partial charge on any atom is 0.218 e. The second kappa shape index (κ2) is 6.78. The summed E-state index contributed by atoms with van der Waals surface area (Å²) in [6.45, 7) is 4.87. The van der Waals surface area contributed by atoms with Crippen LogP contribution in [-0.2, 0) is 0 Å². The van der Waals surface area contributed by atoms with Gasteiger partial charge >= 0.3 is 0 Å². The fourth-order valence-corrected chi connectivity index (χ4v) is 2.53. The highest BCUT2D eigenvalue weighted by atomic mass is 35.5. The van der Waals surface area contributed by atoms with Crippen molar-refractivity contribution in [2.45, 2.75) is 26.2 Å². The first-order valence-corrected chi connectivity index (χ1v) is 7.12. The molecule has 1 aliphatic heterocycles. The van der Waals surface area contributed by atoms with Crippen molar-refractivity contribution in [3.05, 3.63) is 12.4 Å². The first kappa shape index (κ1) is 13.4. The van der Waals surface area contributed by atoms with Crippen LogP contribution in [0.2, 0.25) is 0 Å². The van der Waals surface area contributed by atoms with Gasteiger partial charge < -0.3 is 9.64 Å². The number of anilines is 1. The Kier molecular flexibility index (Phi) is 5.05. The number of aromatic nitrogens is 2. The Balaban J connectivity index is 1.96. The number of nitrogens with zero attached hydrogens (tertiary/aromatic N) is 3. The van der Waals surface area contributed by atoms with Crippen molar-refractivity contribution in [3.8, 4) is 5.88 Å². The zero-order valence-electron chi connectivity index (χ0n) is 10.8. The molecule has 1 aromatic rings. The van der Waals surface area contributed by atoms with Crippen LogP contribution in [0.4, 0.5) is 5.82 Å². The highest BCUT2D eigenvalue weighted by Crippen LogP contribution is 2.25. The Bertz CT molecular complexity index is 375. The van der Waals surface area contributed by atoms with E-state index in [2.05, 4.69) is 21.8 Å². The molecule has 4 nitrogen and oxygen atoms in total. The topological polar surface area (TPSA) is 38.2 Å². The quantitative estimate of drug-likeness (QED) is 0.745. The largest absolute Gasteiger partial charge is 0.478 e. The Morgan fingerprint density at radius 1 is 1.50 bits per heavy atom. The van der Waals surface area contributed by atoms with Gasteiger partial charge in [-0.05, 0) is 25.2 Å². The van der Waals surface area contributed by atoms with E-state index in [0.29, 0.717) is 18.4 Å². The van der Waals surface area contributed by atoms with Gasteiger partial charge in [-0.3, -0.25) is 0 Å². The van der Waals surface area contributed by atoms with E-state index in [0.717, 1.165) is 37.6 Å². The van der Waals surface area contributed by atoms with Crippen LogP contribution >= 0.6 is 11.6 Å². The molecule has 0 bridgehead atoms. The van der Waals surface area contributed by atoms with Crippen LogP contribution in [0.25, 0.3) is 0 Å². The molecule has 2 rings (SSSR count). The number of ether oxygens (including phenoxy) is 1. The van der Waals surface area contributed by atoms with Crippen LogP contribution in [0, 0.1) is 5.92 Å². The zero-order chi connectivity index (χ0) is 12.8. The minimum absolute atomic E-state index is 0.669. The van der Waals surface area contributed by atoms with E-state index in [1.165, 1.54) is 6.42 Å². The van der Waals surface area contributed by atoms with Gasteiger partial charge in [-0.25, -0.2) is 9.97 Å². The van der Waals surface area contributed by atoms with Gasteiger partial charge in [0.1, 0.15) is 12.1 Å². The Labute approximate surface area is 113 Å². The van der Waals surface area contributed by atoms with E-state index < -0.39 is 0 Å². The van der Waals surface area contributed by atoms with Gasteiger partial charge in [-0.1, -0.05) is 6.92 Å². The Morgan fingerprint density at radius 3 is 3.17 bits per heavy atom. The minimum atomic E-state index is 0.669. The molecule has 1 unspecified atom stereocenters. The molecule has 0 aliphatic carbocycles. The predicted octanol–water partition coefficient (Wildman–Crippen LogP) is 2.72. The van der Waals surface area contributed by atoms with Crippen molar-refractivity contribution < 1.29 is 4.74 Å². The van der Waals surface area contributed by atoms with Crippen LogP contribution in [0.3, 0.4) is 0 Å². The predicted molar refractivity (Wildman–Crippen MR) is 73.5 cm³/mol. The average Bonchev–Trinajstić information content (AvgIpc) is 2.86. The summed E-state index contributed by atoms with van der Waals surface area (Å²) in [6, 6.07) is 1.93. The van der Waals surface area contributed by atoms with Gasteiger partial charge in [0.15, 0.2) is 0 Å². The van der Waals surface area contributed by atoms with Crippen molar-refractivity contribution >= 4 is 17.4 Å². The van der Waals surface area contributed by atoms with Crippen LogP contribution in [-0.4, -0.2) is 35.5 Å². The monoisotopic (exact) mass is 269 g/mol. The van der Waals surface area contributed by atoms with Gasteiger partial charge in [-0.15, -0.1) is 11.6 Å². The van der Waals surface area contributed by atoms with Gasteiger partial charge in [0, 0.05) is 25.0 Å². The lowest BCUT2D eigenvalue weighted by molar-refractivity contribution is 0.304. The fourth-order valence-electron chi connectivity index (χ4n) is 2.22. The molecular weight excluding hydrogens is 250 g/mol. The third kappa shape index (κ3) is 3.48. The number of hydrogen-bond donors (Lipinski definition) is 0. The molecule has 18 heavy (non-hydrogen) atoms. The molecule has 1 aliphatic rings. The van der Waals surface area contributed by atoms with E-state index in [-0.39, 0.29) is 0 Å². The van der Waals surface area contributed by atoms with E-state index in [4.69, 9.17) is 16.3 Å². The fraction of sp³-hybridized carbons (Fsp3) is 0.692. The highest BCUT2D eigenvalue weighted by molar-refractivity contribution is 6.17. The molecule has 0 aromatic carbocycles. The lowest BCUT2D eigenvalue weighted by Gasteiger charge is -2.17. The Morgan fingerprint density at radius 2 is 2.39 bits per heavy atom. The smallest absolute Gasteiger partial charge is 0.218 e. The van der Waals surface area contributed by atoms with Crippen LogP contribution in [0.15, 0.2) is 12.4 Å². The molecule has 0 amide bonds. The molecule has 1 atom stereocenters. The molecule has 1 saturated heterocycles. The van der Waals surface area contributed by atoms with Crippen LogP contribution in [0.1, 0.15) is 26.2 Å². The summed E-state index contributed by atoms with van der Waals surface area (Å²) < 4.78 is 5.53. The van der Waals surface area contributed by atoms with E-state index in [9.17, 15) is 0 Å². The number of hydrogen-bond acceptors (Lipinski definition) is 4. The lowest BCUT2D eigenvalue weighted by Crippen LogP contribution is -2.21. The third-order valence-corrected chi connectivity index (χ3v) is 3.43. The van der Waals surface area contributed by atoms with Crippen molar-refractivity contribution in [1.29, 1.82) is 0 Å². The summed E-state index contributed by atoms with van der Waals surface area (Å²) in [5, 5.41) is 0. The summed E-state index contributed by atoms with van der Waals surface area (Å²) in [5.41, 5.74) is 0. The molecule has 1 fully saturated rings. The van der Waals surface area contributed by atoms with E-state index in [1.54, 1.807) is 6.33 Å². The van der Waals surface area contributed by atoms with Gasteiger partial charge in [-0.2, -0.15) is 0 Å². The molecular formula is C13H20ClN3O. The number of alkyl halides is 1. The summed E-state index contributed by atoms with van der Waals surface area (Å²) in [5.74, 6) is 3.07. The lowest BCUT2D eigenvalue weighted by atomic mass is 10.1. The molecule has 100 valence electrons. The molecule has 0 spiro atoms. The van der Waals surface area contributed by atoms with Crippen LogP contribution < -0.4 is 9.64 Å². The van der Waals surface area contributed by atoms with E-state index >= 15 is 0 Å². The van der Waals surface area contributed by atoms with E-state index in [1.807, 2.05) is 6.07 Å². The first-order chi connectivity index (χ1) is 8.83. The summed E-state index contributed by atoms with van der Waals surface area (Å²) >= 11 is 5.79. The molecule has 2 heterocycles. The second-order valence-electron chi connectivity index (χ2n) is 4.64.